The Balaban J connectivity index is 2.32. The highest BCUT2D eigenvalue weighted by molar-refractivity contribution is 7.89. The van der Waals surface area contributed by atoms with Crippen LogP contribution in [0.15, 0.2) is 34.3 Å². The lowest BCUT2D eigenvalue weighted by Crippen LogP contribution is -2.20. The van der Waals surface area contributed by atoms with Gasteiger partial charge in [0.15, 0.2) is 11.5 Å². The van der Waals surface area contributed by atoms with Crippen molar-refractivity contribution in [3.63, 3.8) is 0 Å². The third-order valence-corrected chi connectivity index (χ3v) is 5.56. The van der Waals surface area contributed by atoms with Crippen LogP contribution in [0.5, 0.6) is 17.2 Å². The molecule has 7 nitrogen and oxygen atoms in total. The van der Waals surface area contributed by atoms with Crippen LogP contribution in [0, 0.1) is 20.8 Å². The zero-order chi connectivity index (χ0) is 20.9. The van der Waals surface area contributed by atoms with Crippen LogP contribution < -0.4 is 19.0 Å². The molecule has 2 aromatic carbocycles. The maximum absolute atomic E-state index is 12.7. The third kappa shape index (κ3) is 4.75. The molecule has 0 atom stereocenters. The fraction of sp³-hybridized carbons (Fsp3) is 0.350. The molecule has 0 amide bonds. The van der Waals surface area contributed by atoms with Gasteiger partial charge in [0, 0.05) is 5.56 Å². The zero-order valence-corrected chi connectivity index (χ0v) is 17.8. The SMILES string of the molecule is CCOc1c(OC)cc(/C=N/NS(=O)(=O)c2c(C)cc(C)cc2C)cc1OC. The van der Waals surface area contributed by atoms with E-state index in [9.17, 15) is 8.42 Å². The molecule has 0 unspecified atom stereocenters. The Bertz CT molecular complexity index is 936. The maximum Gasteiger partial charge on any atom is 0.277 e. The van der Waals surface area contributed by atoms with Crippen LogP contribution in [0.2, 0.25) is 0 Å². The molecule has 2 aromatic rings. The molecular formula is C20H26N2O5S. The Morgan fingerprint density at radius 2 is 1.54 bits per heavy atom. The Labute approximate surface area is 166 Å². The second kappa shape index (κ2) is 8.97. The molecule has 8 heteroatoms. The van der Waals surface area contributed by atoms with E-state index >= 15 is 0 Å². The van der Waals surface area contributed by atoms with Gasteiger partial charge in [-0.2, -0.15) is 13.5 Å². The van der Waals surface area contributed by atoms with Gasteiger partial charge in [0.2, 0.25) is 5.75 Å². The summed E-state index contributed by atoms with van der Waals surface area (Å²) in [5.74, 6) is 1.42. The number of hydrogen-bond donors (Lipinski definition) is 1. The van der Waals surface area contributed by atoms with E-state index in [0.29, 0.717) is 40.5 Å². The van der Waals surface area contributed by atoms with Gasteiger partial charge in [-0.3, -0.25) is 0 Å². The molecule has 0 aromatic heterocycles. The molecule has 0 radical (unpaired) electrons. The van der Waals surface area contributed by atoms with Crippen LogP contribution in [0.4, 0.5) is 0 Å². The maximum atomic E-state index is 12.7. The molecule has 0 aliphatic rings. The molecule has 0 fully saturated rings. The molecule has 0 saturated heterocycles. The van der Waals surface area contributed by atoms with Gasteiger partial charge in [0.05, 0.1) is 31.9 Å². The summed E-state index contributed by atoms with van der Waals surface area (Å²) in [6.45, 7) is 7.77. The van der Waals surface area contributed by atoms with Crippen LogP contribution >= 0.6 is 0 Å². The molecule has 0 heterocycles. The van der Waals surface area contributed by atoms with Crippen LogP contribution in [-0.4, -0.2) is 35.5 Å². The van der Waals surface area contributed by atoms with Gasteiger partial charge in [0.25, 0.3) is 10.0 Å². The average molecular weight is 407 g/mol. The first-order valence-electron chi connectivity index (χ1n) is 8.75. The number of benzene rings is 2. The van der Waals surface area contributed by atoms with Crippen molar-refractivity contribution in [3.8, 4) is 17.2 Å². The Kier molecular flexibility index (Phi) is 6.90. The summed E-state index contributed by atoms with van der Waals surface area (Å²) < 4.78 is 41.6. The highest BCUT2D eigenvalue weighted by atomic mass is 32.2. The standard InChI is InChI=1S/C20H26N2O5S/c1-7-27-19-17(25-5)10-16(11-18(19)26-6)12-21-22-28(23,24)20-14(3)8-13(2)9-15(20)4/h8-12,22H,7H2,1-6H3/b21-12+. The van der Waals surface area contributed by atoms with E-state index < -0.39 is 10.0 Å². The number of rotatable bonds is 8. The number of hydrogen-bond acceptors (Lipinski definition) is 6. The normalized spacial score (nSPS) is 11.5. The number of nitrogens with zero attached hydrogens (tertiary/aromatic N) is 1. The summed E-state index contributed by atoms with van der Waals surface area (Å²) in [5.41, 5.74) is 2.94. The van der Waals surface area contributed by atoms with E-state index in [1.807, 2.05) is 26.0 Å². The van der Waals surface area contributed by atoms with Gasteiger partial charge in [-0.05, 0) is 51.0 Å². The van der Waals surface area contributed by atoms with Gasteiger partial charge >= 0.3 is 0 Å². The van der Waals surface area contributed by atoms with Crippen molar-refractivity contribution in [1.29, 1.82) is 0 Å². The number of ether oxygens (including phenoxy) is 3. The summed E-state index contributed by atoms with van der Waals surface area (Å²) in [5, 5.41) is 3.91. The van der Waals surface area contributed by atoms with Gasteiger partial charge < -0.3 is 14.2 Å². The highest BCUT2D eigenvalue weighted by Crippen LogP contribution is 2.38. The van der Waals surface area contributed by atoms with Gasteiger partial charge in [-0.15, -0.1) is 0 Å². The number of hydrazone groups is 1. The number of nitrogens with one attached hydrogen (secondary N) is 1. The number of sulfonamides is 1. The molecule has 0 spiro atoms. The lowest BCUT2D eigenvalue weighted by Gasteiger charge is -2.14. The first-order chi connectivity index (χ1) is 13.2. The van der Waals surface area contributed by atoms with Crippen LogP contribution in [0.25, 0.3) is 0 Å². The number of aryl methyl sites for hydroxylation is 3. The van der Waals surface area contributed by atoms with Crippen molar-refractivity contribution in [2.45, 2.75) is 32.6 Å². The summed E-state index contributed by atoms with van der Waals surface area (Å²) in [7, 11) is -0.756. The monoisotopic (exact) mass is 406 g/mol. The largest absolute Gasteiger partial charge is 0.493 e. The van der Waals surface area contributed by atoms with E-state index in [2.05, 4.69) is 9.93 Å². The van der Waals surface area contributed by atoms with Gasteiger partial charge in [-0.1, -0.05) is 17.7 Å². The predicted molar refractivity (Wildman–Crippen MR) is 109 cm³/mol. The molecule has 152 valence electrons. The van der Waals surface area contributed by atoms with E-state index in [0.717, 1.165) is 5.56 Å². The van der Waals surface area contributed by atoms with Gasteiger partial charge in [-0.25, -0.2) is 4.83 Å². The fourth-order valence-electron chi connectivity index (χ4n) is 3.07. The fourth-order valence-corrected chi connectivity index (χ4v) is 4.32. The Morgan fingerprint density at radius 3 is 2.00 bits per heavy atom. The zero-order valence-electron chi connectivity index (χ0n) is 17.0. The minimum atomic E-state index is -3.79. The predicted octanol–water partition coefficient (Wildman–Crippen LogP) is 3.34. The second-order valence-corrected chi connectivity index (χ2v) is 7.87. The van der Waals surface area contributed by atoms with Crippen molar-refractivity contribution in [2.24, 2.45) is 5.10 Å². The third-order valence-electron chi connectivity index (χ3n) is 4.03. The van der Waals surface area contributed by atoms with Crippen LogP contribution in [-0.2, 0) is 10.0 Å². The molecule has 2 rings (SSSR count). The average Bonchev–Trinajstić information content (AvgIpc) is 2.61. The van der Waals surface area contributed by atoms with E-state index in [4.69, 9.17) is 14.2 Å². The highest BCUT2D eigenvalue weighted by Gasteiger charge is 2.19. The first kappa shape index (κ1) is 21.6. The van der Waals surface area contributed by atoms with E-state index in [1.54, 1.807) is 26.0 Å². The van der Waals surface area contributed by atoms with Crippen LogP contribution in [0.3, 0.4) is 0 Å². The van der Waals surface area contributed by atoms with Crippen molar-refractivity contribution < 1.29 is 22.6 Å². The summed E-state index contributed by atoms with van der Waals surface area (Å²) in [4.78, 5) is 2.50. The smallest absolute Gasteiger partial charge is 0.277 e. The molecule has 0 aliphatic carbocycles. The minimum absolute atomic E-state index is 0.233. The van der Waals surface area contributed by atoms with E-state index in [-0.39, 0.29) is 4.90 Å². The van der Waals surface area contributed by atoms with Gasteiger partial charge in [0.1, 0.15) is 0 Å². The second-order valence-electron chi connectivity index (χ2n) is 6.27. The quantitative estimate of drug-likeness (QED) is 0.537. The van der Waals surface area contributed by atoms with Crippen LogP contribution in [0.1, 0.15) is 29.2 Å². The van der Waals surface area contributed by atoms with Crippen molar-refractivity contribution in [2.75, 3.05) is 20.8 Å². The van der Waals surface area contributed by atoms with Crippen molar-refractivity contribution >= 4 is 16.2 Å². The topological polar surface area (TPSA) is 86.2 Å². The summed E-state index contributed by atoms with van der Waals surface area (Å²) >= 11 is 0. The van der Waals surface area contributed by atoms with E-state index in [1.165, 1.54) is 20.4 Å². The molecule has 0 aliphatic heterocycles. The summed E-state index contributed by atoms with van der Waals surface area (Å²) in [6.07, 6.45) is 1.39. The number of methoxy groups -OCH3 is 2. The lowest BCUT2D eigenvalue weighted by atomic mass is 10.1. The molecule has 1 N–H and O–H groups in total. The molecular weight excluding hydrogens is 380 g/mol. The Hall–Kier alpha value is -2.74. The molecule has 0 bridgehead atoms. The molecule has 28 heavy (non-hydrogen) atoms. The lowest BCUT2D eigenvalue weighted by molar-refractivity contribution is 0.288. The van der Waals surface area contributed by atoms with Crippen molar-refractivity contribution in [1.82, 2.24) is 4.83 Å². The summed E-state index contributed by atoms with van der Waals surface area (Å²) in [6, 6.07) is 7.03. The Morgan fingerprint density at radius 1 is 1.00 bits per heavy atom. The molecule has 0 saturated carbocycles. The minimum Gasteiger partial charge on any atom is -0.493 e. The van der Waals surface area contributed by atoms with Crippen molar-refractivity contribution in [3.05, 3.63) is 46.5 Å². The first-order valence-corrected chi connectivity index (χ1v) is 10.2.